The first-order chi connectivity index (χ1) is 4.75. The summed E-state index contributed by atoms with van der Waals surface area (Å²) >= 11 is 3.35. The van der Waals surface area contributed by atoms with Gasteiger partial charge in [-0.2, -0.15) is 0 Å². The molecule has 0 saturated heterocycles. The van der Waals surface area contributed by atoms with Crippen molar-refractivity contribution in [3.8, 4) is 0 Å². The number of nitrogens with zero attached hydrogens (tertiary/aromatic N) is 2. The molecule has 0 atom stereocenters. The monoisotopic (exact) mass is 201 g/mol. The highest BCUT2D eigenvalue weighted by Crippen LogP contribution is 2.20. The summed E-state index contributed by atoms with van der Waals surface area (Å²) in [6, 6.07) is 0. The molecule has 3 nitrogen and oxygen atoms in total. The van der Waals surface area contributed by atoms with Crippen LogP contribution in [0.1, 0.15) is 5.69 Å². The zero-order valence-corrected chi connectivity index (χ0v) is 7.44. The molecular weight excluding hydrogens is 194 g/mol. The van der Waals surface area contributed by atoms with E-state index in [0.29, 0.717) is 0 Å². The molecule has 0 aliphatic rings. The van der Waals surface area contributed by atoms with E-state index in [9.17, 15) is 0 Å². The van der Waals surface area contributed by atoms with Crippen molar-refractivity contribution in [1.29, 1.82) is 0 Å². The smallest absolute Gasteiger partial charge is 0.143 e. The molecule has 4 heteroatoms. The quantitative estimate of drug-likeness (QED) is 0.751. The highest BCUT2D eigenvalue weighted by Gasteiger charge is 2.00. The minimum atomic E-state index is 0.826. The third-order valence-electron chi connectivity index (χ3n) is 1.20. The number of aromatic nitrogens is 2. The SMILES string of the molecule is CNc1ncnc(C)c1Br. The lowest BCUT2D eigenvalue weighted by Crippen LogP contribution is -1.96. The van der Waals surface area contributed by atoms with E-state index in [4.69, 9.17) is 0 Å². The Kier molecular flexibility index (Phi) is 2.21. The number of halogens is 1. The topological polar surface area (TPSA) is 37.8 Å². The van der Waals surface area contributed by atoms with Crippen LogP contribution in [0.3, 0.4) is 0 Å². The number of nitrogens with one attached hydrogen (secondary N) is 1. The molecule has 54 valence electrons. The van der Waals surface area contributed by atoms with Gasteiger partial charge in [-0.15, -0.1) is 0 Å². The molecule has 1 N–H and O–H groups in total. The van der Waals surface area contributed by atoms with Crippen molar-refractivity contribution in [2.75, 3.05) is 12.4 Å². The molecule has 1 rings (SSSR count). The largest absolute Gasteiger partial charge is 0.372 e. The fourth-order valence-corrected chi connectivity index (χ4v) is 1.04. The summed E-state index contributed by atoms with van der Waals surface area (Å²) in [6.45, 7) is 1.92. The Morgan fingerprint density at radius 1 is 1.50 bits per heavy atom. The van der Waals surface area contributed by atoms with Crippen LogP contribution in [-0.4, -0.2) is 17.0 Å². The number of hydrogen-bond acceptors (Lipinski definition) is 3. The molecule has 1 aromatic heterocycles. The van der Waals surface area contributed by atoms with Gasteiger partial charge in [-0.05, 0) is 22.9 Å². The van der Waals surface area contributed by atoms with Crippen LogP contribution in [0.2, 0.25) is 0 Å². The van der Waals surface area contributed by atoms with Crippen LogP contribution in [-0.2, 0) is 0 Å². The third-order valence-corrected chi connectivity index (χ3v) is 2.15. The Morgan fingerprint density at radius 3 is 2.70 bits per heavy atom. The summed E-state index contributed by atoms with van der Waals surface area (Å²) < 4.78 is 0.928. The van der Waals surface area contributed by atoms with Gasteiger partial charge < -0.3 is 5.32 Å². The van der Waals surface area contributed by atoms with E-state index >= 15 is 0 Å². The number of rotatable bonds is 1. The molecule has 0 spiro atoms. The molecular formula is C6H8BrN3. The molecule has 0 aliphatic carbocycles. The van der Waals surface area contributed by atoms with Gasteiger partial charge >= 0.3 is 0 Å². The van der Waals surface area contributed by atoms with E-state index in [2.05, 4.69) is 31.2 Å². The van der Waals surface area contributed by atoms with Gasteiger partial charge in [0.25, 0.3) is 0 Å². The molecule has 10 heavy (non-hydrogen) atoms. The zero-order chi connectivity index (χ0) is 7.56. The van der Waals surface area contributed by atoms with Crippen LogP contribution in [0.5, 0.6) is 0 Å². The molecule has 0 radical (unpaired) electrons. The van der Waals surface area contributed by atoms with E-state index in [1.54, 1.807) is 0 Å². The van der Waals surface area contributed by atoms with Gasteiger partial charge in [-0.25, -0.2) is 9.97 Å². The number of aryl methyl sites for hydroxylation is 1. The Labute approximate surface area is 68.0 Å². The predicted octanol–water partition coefficient (Wildman–Crippen LogP) is 1.59. The van der Waals surface area contributed by atoms with Crippen LogP contribution in [0, 0.1) is 6.92 Å². The van der Waals surface area contributed by atoms with E-state index in [0.717, 1.165) is 16.0 Å². The van der Waals surface area contributed by atoms with E-state index in [1.807, 2.05) is 14.0 Å². The fraction of sp³-hybridized carbons (Fsp3) is 0.333. The number of hydrogen-bond donors (Lipinski definition) is 1. The van der Waals surface area contributed by atoms with Crippen molar-refractivity contribution in [3.63, 3.8) is 0 Å². The summed E-state index contributed by atoms with van der Waals surface area (Å²) in [5.41, 5.74) is 0.944. The Hall–Kier alpha value is -0.640. The molecule has 0 aliphatic heterocycles. The maximum absolute atomic E-state index is 3.99. The van der Waals surface area contributed by atoms with Crippen molar-refractivity contribution in [2.45, 2.75) is 6.92 Å². The molecule has 0 fully saturated rings. The summed E-state index contributed by atoms with van der Waals surface area (Å²) in [6.07, 6.45) is 1.53. The lowest BCUT2D eigenvalue weighted by atomic mass is 10.4. The Bertz CT molecular complexity index is 236. The predicted molar refractivity (Wildman–Crippen MR) is 44.0 cm³/mol. The van der Waals surface area contributed by atoms with Crippen LogP contribution >= 0.6 is 15.9 Å². The van der Waals surface area contributed by atoms with Gasteiger partial charge in [0, 0.05) is 7.05 Å². The molecule has 0 saturated carbocycles. The third kappa shape index (κ3) is 1.26. The molecule has 1 heterocycles. The first-order valence-electron chi connectivity index (χ1n) is 2.90. The normalized spacial score (nSPS) is 9.50. The first kappa shape index (κ1) is 7.47. The van der Waals surface area contributed by atoms with Crippen LogP contribution in [0.15, 0.2) is 10.8 Å². The van der Waals surface area contributed by atoms with Gasteiger partial charge in [0.1, 0.15) is 12.1 Å². The molecule has 0 aromatic carbocycles. The minimum absolute atomic E-state index is 0.826. The van der Waals surface area contributed by atoms with Gasteiger partial charge in [0.2, 0.25) is 0 Å². The highest BCUT2D eigenvalue weighted by molar-refractivity contribution is 9.10. The van der Waals surface area contributed by atoms with Gasteiger partial charge in [-0.1, -0.05) is 0 Å². The summed E-state index contributed by atoms with van der Waals surface area (Å²) in [5, 5.41) is 2.94. The number of anilines is 1. The highest BCUT2D eigenvalue weighted by atomic mass is 79.9. The van der Waals surface area contributed by atoms with E-state index < -0.39 is 0 Å². The van der Waals surface area contributed by atoms with Crippen LogP contribution in [0.25, 0.3) is 0 Å². The maximum atomic E-state index is 3.99. The molecule has 0 bridgehead atoms. The lowest BCUT2D eigenvalue weighted by Gasteiger charge is -2.01. The maximum Gasteiger partial charge on any atom is 0.143 e. The van der Waals surface area contributed by atoms with Crippen LogP contribution in [0.4, 0.5) is 5.82 Å². The summed E-state index contributed by atoms with van der Waals surface area (Å²) in [4.78, 5) is 7.98. The van der Waals surface area contributed by atoms with Crippen molar-refractivity contribution in [1.82, 2.24) is 9.97 Å². The van der Waals surface area contributed by atoms with E-state index in [-0.39, 0.29) is 0 Å². The molecule has 0 amide bonds. The van der Waals surface area contributed by atoms with Crippen molar-refractivity contribution < 1.29 is 0 Å². The average Bonchev–Trinajstić information content (AvgIpc) is 1.95. The molecule has 0 unspecified atom stereocenters. The van der Waals surface area contributed by atoms with Gasteiger partial charge in [-0.3, -0.25) is 0 Å². The van der Waals surface area contributed by atoms with Crippen molar-refractivity contribution in [3.05, 3.63) is 16.5 Å². The summed E-state index contributed by atoms with van der Waals surface area (Å²) in [7, 11) is 1.83. The Balaban J connectivity index is 3.14. The van der Waals surface area contributed by atoms with Crippen molar-refractivity contribution in [2.24, 2.45) is 0 Å². The standard InChI is InChI=1S/C6H8BrN3/c1-4-5(7)6(8-2)10-3-9-4/h3H,1-2H3,(H,8,9,10). The first-order valence-corrected chi connectivity index (χ1v) is 3.70. The summed E-state index contributed by atoms with van der Waals surface area (Å²) in [5.74, 6) is 0.826. The Morgan fingerprint density at radius 2 is 2.20 bits per heavy atom. The average molecular weight is 202 g/mol. The fourth-order valence-electron chi connectivity index (χ4n) is 0.632. The van der Waals surface area contributed by atoms with Crippen molar-refractivity contribution >= 4 is 21.7 Å². The van der Waals surface area contributed by atoms with Gasteiger partial charge in [0.15, 0.2) is 0 Å². The minimum Gasteiger partial charge on any atom is -0.372 e. The van der Waals surface area contributed by atoms with Crippen LogP contribution < -0.4 is 5.32 Å². The molecule has 1 aromatic rings. The van der Waals surface area contributed by atoms with E-state index in [1.165, 1.54) is 6.33 Å². The second-order valence-corrected chi connectivity index (χ2v) is 2.66. The zero-order valence-electron chi connectivity index (χ0n) is 5.85. The van der Waals surface area contributed by atoms with Gasteiger partial charge in [0.05, 0.1) is 10.2 Å². The lowest BCUT2D eigenvalue weighted by molar-refractivity contribution is 1.08. The second kappa shape index (κ2) is 2.96. The second-order valence-electron chi connectivity index (χ2n) is 1.87.